The lowest BCUT2D eigenvalue weighted by Gasteiger charge is -2.19. The first kappa shape index (κ1) is 22.5. The van der Waals surface area contributed by atoms with Gasteiger partial charge in [-0.25, -0.2) is 0 Å². The van der Waals surface area contributed by atoms with E-state index in [1.54, 1.807) is 30.3 Å². The topological polar surface area (TPSA) is 101 Å². The number of fused-ring (bicyclic) bond motifs is 1. The summed E-state index contributed by atoms with van der Waals surface area (Å²) in [5.74, 6) is -0.689. The number of benzene rings is 2. The van der Waals surface area contributed by atoms with Crippen molar-refractivity contribution in [3.8, 4) is 0 Å². The molecule has 9 heteroatoms. The number of carbonyl (C=O) groups excluding carboxylic acids is 2. The number of nitrogens with one attached hydrogen (secondary N) is 2. The molecule has 0 saturated carbocycles. The lowest BCUT2D eigenvalue weighted by atomic mass is 10.1. The Morgan fingerprint density at radius 1 is 1.16 bits per heavy atom. The number of amides is 2. The average molecular weight is 458 g/mol. The van der Waals surface area contributed by atoms with Crippen LogP contribution in [0.1, 0.15) is 36.0 Å². The maximum absolute atomic E-state index is 12.6. The molecule has 1 heterocycles. The Bertz CT molecular complexity index is 1210. The highest BCUT2D eigenvalue weighted by atomic mass is 35.5. The normalized spacial score (nSPS) is 11.6. The molecule has 0 fully saturated rings. The molecule has 2 amide bonds. The molecular formula is C22H20ClN3O4S. The summed E-state index contributed by atoms with van der Waals surface area (Å²) in [6, 6.07) is 11.2. The van der Waals surface area contributed by atoms with E-state index in [2.05, 4.69) is 10.6 Å². The Labute approximate surface area is 187 Å². The van der Waals surface area contributed by atoms with Crippen LogP contribution in [0.25, 0.3) is 16.2 Å². The van der Waals surface area contributed by atoms with E-state index in [0.717, 1.165) is 0 Å². The predicted octanol–water partition coefficient (Wildman–Crippen LogP) is 5.64. The molecule has 1 aromatic heterocycles. The van der Waals surface area contributed by atoms with Crippen molar-refractivity contribution >= 4 is 62.3 Å². The highest BCUT2D eigenvalue weighted by Crippen LogP contribution is 2.39. The molecule has 0 unspecified atom stereocenters. The number of rotatable bonds is 5. The minimum absolute atomic E-state index is 0.0541. The van der Waals surface area contributed by atoms with Crippen LogP contribution in [0.5, 0.6) is 0 Å². The first-order valence-electron chi connectivity index (χ1n) is 9.32. The van der Waals surface area contributed by atoms with Crippen molar-refractivity contribution in [2.24, 2.45) is 0 Å². The monoisotopic (exact) mass is 457 g/mol. The first-order chi connectivity index (χ1) is 14.5. The van der Waals surface area contributed by atoms with Gasteiger partial charge >= 0.3 is 0 Å². The third-order valence-electron chi connectivity index (χ3n) is 4.12. The summed E-state index contributed by atoms with van der Waals surface area (Å²) in [5, 5.41) is 17.6. The van der Waals surface area contributed by atoms with Gasteiger partial charge in [-0.2, -0.15) is 0 Å². The second kappa shape index (κ2) is 8.87. The number of nitro groups is 1. The van der Waals surface area contributed by atoms with E-state index in [4.69, 9.17) is 11.6 Å². The third kappa shape index (κ3) is 5.48. The van der Waals surface area contributed by atoms with Crippen molar-refractivity contribution in [1.82, 2.24) is 5.32 Å². The van der Waals surface area contributed by atoms with E-state index >= 15 is 0 Å². The first-order valence-corrected chi connectivity index (χ1v) is 10.5. The Hall–Kier alpha value is -3.23. The summed E-state index contributed by atoms with van der Waals surface area (Å²) in [6.45, 7) is 5.64. The van der Waals surface area contributed by atoms with E-state index in [9.17, 15) is 19.7 Å². The van der Waals surface area contributed by atoms with Gasteiger partial charge in [-0.15, -0.1) is 11.3 Å². The molecule has 0 aliphatic carbocycles. The highest BCUT2D eigenvalue weighted by Gasteiger charge is 2.22. The van der Waals surface area contributed by atoms with Crippen LogP contribution in [0, 0.1) is 10.1 Å². The molecule has 160 valence electrons. The van der Waals surface area contributed by atoms with Crippen molar-refractivity contribution in [1.29, 1.82) is 0 Å². The number of carbonyl (C=O) groups is 2. The maximum atomic E-state index is 12.6. The van der Waals surface area contributed by atoms with E-state index in [-0.39, 0.29) is 11.6 Å². The molecule has 3 rings (SSSR count). The molecule has 0 saturated heterocycles. The summed E-state index contributed by atoms with van der Waals surface area (Å²) < 4.78 is 0.684. The van der Waals surface area contributed by atoms with E-state index < -0.39 is 16.4 Å². The summed E-state index contributed by atoms with van der Waals surface area (Å²) in [5.41, 5.74) is 0.586. The number of halogens is 1. The largest absolute Gasteiger partial charge is 0.347 e. The van der Waals surface area contributed by atoms with Gasteiger partial charge in [0.1, 0.15) is 4.88 Å². The van der Waals surface area contributed by atoms with E-state index in [1.807, 2.05) is 20.8 Å². The van der Waals surface area contributed by atoms with Crippen LogP contribution >= 0.6 is 22.9 Å². The Morgan fingerprint density at radius 2 is 1.87 bits per heavy atom. The fraction of sp³-hybridized carbons (Fsp3) is 0.182. The zero-order chi connectivity index (χ0) is 22.8. The zero-order valence-corrected chi connectivity index (χ0v) is 18.6. The SMILES string of the molecule is CC(C)(C)NC(=O)c1sc2c(NC(=O)/C=C/c3cccc([N+](=O)[O-])c3)cccc2c1Cl. The van der Waals surface area contributed by atoms with Crippen LogP contribution in [-0.2, 0) is 4.79 Å². The summed E-state index contributed by atoms with van der Waals surface area (Å²) in [7, 11) is 0. The molecule has 7 nitrogen and oxygen atoms in total. The number of non-ortho nitro benzene ring substituents is 1. The minimum atomic E-state index is -0.494. The lowest BCUT2D eigenvalue weighted by molar-refractivity contribution is -0.384. The van der Waals surface area contributed by atoms with Crippen LogP contribution in [0.4, 0.5) is 11.4 Å². The smallest absolute Gasteiger partial charge is 0.270 e. The van der Waals surface area contributed by atoms with Gasteiger partial charge in [-0.1, -0.05) is 35.9 Å². The van der Waals surface area contributed by atoms with Crippen LogP contribution < -0.4 is 10.6 Å². The van der Waals surface area contributed by atoms with Crippen molar-refractivity contribution in [2.75, 3.05) is 5.32 Å². The quantitative estimate of drug-likeness (QED) is 0.294. The second-order valence-electron chi connectivity index (χ2n) is 7.81. The number of anilines is 1. The number of hydrogen-bond donors (Lipinski definition) is 2. The number of nitrogens with zero attached hydrogens (tertiary/aromatic N) is 1. The predicted molar refractivity (Wildman–Crippen MR) is 125 cm³/mol. The van der Waals surface area contributed by atoms with Gasteiger partial charge < -0.3 is 10.6 Å². The van der Waals surface area contributed by atoms with Crippen molar-refractivity contribution in [3.63, 3.8) is 0 Å². The Kier molecular flexibility index (Phi) is 6.42. The fourth-order valence-corrected chi connectivity index (χ4v) is 4.29. The average Bonchev–Trinajstić information content (AvgIpc) is 3.03. The van der Waals surface area contributed by atoms with Crippen LogP contribution in [0.2, 0.25) is 5.02 Å². The fourth-order valence-electron chi connectivity index (χ4n) is 2.82. The lowest BCUT2D eigenvalue weighted by Crippen LogP contribution is -2.40. The molecule has 0 radical (unpaired) electrons. The molecule has 2 aromatic carbocycles. The molecule has 2 N–H and O–H groups in total. The van der Waals surface area contributed by atoms with E-state index in [0.29, 0.717) is 31.2 Å². The molecule has 0 spiro atoms. The Balaban J connectivity index is 1.84. The van der Waals surface area contributed by atoms with Crippen molar-refractivity contribution < 1.29 is 14.5 Å². The molecule has 3 aromatic rings. The molecule has 0 bridgehead atoms. The van der Waals surface area contributed by atoms with Gasteiger partial charge in [0.15, 0.2) is 0 Å². The maximum Gasteiger partial charge on any atom is 0.270 e. The number of hydrogen-bond acceptors (Lipinski definition) is 5. The van der Waals surface area contributed by atoms with Gasteiger partial charge in [-0.3, -0.25) is 19.7 Å². The second-order valence-corrected chi connectivity index (χ2v) is 9.20. The standard InChI is InChI=1S/C22H20ClN3O4S/c1-22(2,3)25-21(28)20-18(23)15-8-5-9-16(19(15)31-20)24-17(27)11-10-13-6-4-7-14(12-13)26(29)30/h4-12H,1-3H3,(H,24,27)(H,25,28)/b11-10+. The van der Waals surface area contributed by atoms with Gasteiger partial charge in [0.25, 0.3) is 11.6 Å². The molecule has 0 aliphatic heterocycles. The summed E-state index contributed by atoms with van der Waals surface area (Å²) in [4.78, 5) is 35.8. The summed E-state index contributed by atoms with van der Waals surface area (Å²) >= 11 is 7.64. The van der Waals surface area contributed by atoms with Crippen LogP contribution in [-0.4, -0.2) is 22.3 Å². The minimum Gasteiger partial charge on any atom is -0.347 e. The van der Waals surface area contributed by atoms with Gasteiger partial charge in [0.05, 0.1) is 20.3 Å². The molecule has 0 aliphatic rings. The van der Waals surface area contributed by atoms with Crippen molar-refractivity contribution in [2.45, 2.75) is 26.3 Å². The van der Waals surface area contributed by atoms with Crippen LogP contribution in [0.3, 0.4) is 0 Å². The highest BCUT2D eigenvalue weighted by molar-refractivity contribution is 7.22. The zero-order valence-electron chi connectivity index (χ0n) is 17.1. The number of nitro benzene ring substituents is 1. The Morgan fingerprint density at radius 3 is 2.55 bits per heavy atom. The molecule has 31 heavy (non-hydrogen) atoms. The van der Waals surface area contributed by atoms with Gasteiger partial charge in [0.2, 0.25) is 5.91 Å². The molecular weight excluding hydrogens is 438 g/mol. The van der Waals surface area contributed by atoms with E-state index in [1.165, 1.54) is 35.6 Å². The third-order valence-corrected chi connectivity index (χ3v) is 5.86. The van der Waals surface area contributed by atoms with Crippen LogP contribution in [0.15, 0.2) is 48.5 Å². The van der Waals surface area contributed by atoms with Crippen molar-refractivity contribution in [3.05, 3.63) is 74.1 Å². The van der Waals surface area contributed by atoms with Gasteiger partial charge in [0, 0.05) is 29.1 Å². The number of thiophene rings is 1. The van der Waals surface area contributed by atoms with Gasteiger partial charge in [-0.05, 0) is 38.5 Å². The molecule has 0 atom stereocenters. The summed E-state index contributed by atoms with van der Waals surface area (Å²) in [6.07, 6.45) is 2.78.